The van der Waals surface area contributed by atoms with Crippen molar-refractivity contribution in [3.63, 3.8) is 0 Å². The molecule has 1 aromatic rings. The number of hydrogen-bond donors (Lipinski definition) is 0. The van der Waals surface area contributed by atoms with Gasteiger partial charge in [-0.1, -0.05) is 11.8 Å². The molecule has 21 heavy (non-hydrogen) atoms. The van der Waals surface area contributed by atoms with E-state index in [1.54, 1.807) is 6.92 Å². The van der Waals surface area contributed by atoms with Crippen molar-refractivity contribution in [3.05, 3.63) is 12.0 Å². The van der Waals surface area contributed by atoms with Crippen LogP contribution in [-0.4, -0.2) is 40.9 Å². The molecule has 0 N–H and O–H groups in total. The molecule has 1 saturated heterocycles. The Morgan fingerprint density at radius 2 is 2.33 bits per heavy atom. The van der Waals surface area contributed by atoms with E-state index in [1.165, 1.54) is 29.8 Å². The van der Waals surface area contributed by atoms with Crippen molar-refractivity contribution in [2.45, 2.75) is 20.3 Å². The number of carbonyl (C=O) groups is 3. The quantitative estimate of drug-likeness (QED) is 0.761. The van der Waals surface area contributed by atoms with Gasteiger partial charge in [-0.05, 0) is 12.8 Å². The first-order valence-corrected chi connectivity index (χ1v) is 7.56. The van der Waals surface area contributed by atoms with Crippen LogP contribution < -0.4 is 4.90 Å². The van der Waals surface area contributed by atoms with Crippen molar-refractivity contribution < 1.29 is 23.5 Å². The number of ether oxygens (including phenoxy) is 1. The summed E-state index contributed by atoms with van der Waals surface area (Å²) in [5.41, 5.74) is 0. The first-order chi connectivity index (χ1) is 10.0. The standard InChI is InChI=1S/C13H16N2O5S/c1-3-19-12(18)10-5-14-13(20-10)15-6-9(4-11(15)17)7-21-8(2)16/h5,9H,3-4,6-7H2,1-2H3. The minimum atomic E-state index is -0.605. The van der Waals surface area contributed by atoms with Gasteiger partial charge in [0.05, 0.1) is 12.8 Å². The molecule has 7 nitrogen and oxygen atoms in total. The van der Waals surface area contributed by atoms with Crippen LogP contribution in [0.25, 0.3) is 0 Å². The first kappa shape index (κ1) is 15.6. The summed E-state index contributed by atoms with van der Waals surface area (Å²) in [7, 11) is 0. The zero-order chi connectivity index (χ0) is 15.4. The van der Waals surface area contributed by atoms with Crippen LogP contribution in [0.15, 0.2) is 10.6 Å². The number of nitrogens with zero attached hydrogens (tertiary/aromatic N) is 2. The number of rotatable bonds is 5. The fourth-order valence-electron chi connectivity index (χ4n) is 2.00. The van der Waals surface area contributed by atoms with Crippen molar-refractivity contribution >= 4 is 34.8 Å². The zero-order valence-corrected chi connectivity index (χ0v) is 12.6. The van der Waals surface area contributed by atoms with Crippen LogP contribution >= 0.6 is 11.8 Å². The van der Waals surface area contributed by atoms with Gasteiger partial charge in [0.15, 0.2) is 5.12 Å². The second-order valence-electron chi connectivity index (χ2n) is 4.60. The van der Waals surface area contributed by atoms with E-state index in [4.69, 9.17) is 9.15 Å². The molecule has 0 spiro atoms. The highest BCUT2D eigenvalue weighted by molar-refractivity contribution is 8.13. The lowest BCUT2D eigenvalue weighted by atomic mass is 10.1. The zero-order valence-electron chi connectivity index (χ0n) is 11.8. The lowest BCUT2D eigenvalue weighted by Gasteiger charge is -2.11. The number of anilines is 1. The van der Waals surface area contributed by atoms with Gasteiger partial charge >= 0.3 is 12.0 Å². The molecular weight excluding hydrogens is 296 g/mol. The molecule has 0 saturated carbocycles. The number of carbonyl (C=O) groups excluding carboxylic acids is 3. The Bertz CT molecular complexity index is 557. The van der Waals surface area contributed by atoms with Crippen LogP contribution in [-0.2, 0) is 14.3 Å². The molecule has 1 aliphatic rings. The minimum absolute atomic E-state index is 0.0267. The average molecular weight is 312 g/mol. The minimum Gasteiger partial charge on any atom is -0.460 e. The van der Waals surface area contributed by atoms with Gasteiger partial charge in [0, 0.05) is 25.6 Å². The van der Waals surface area contributed by atoms with E-state index < -0.39 is 5.97 Å². The molecule has 8 heteroatoms. The third kappa shape index (κ3) is 3.84. The number of amides is 1. The van der Waals surface area contributed by atoms with Gasteiger partial charge in [-0.15, -0.1) is 0 Å². The molecule has 0 bridgehead atoms. The van der Waals surface area contributed by atoms with Crippen LogP contribution in [0.5, 0.6) is 0 Å². The number of oxazole rings is 1. The third-order valence-corrected chi connectivity index (χ3v) is 3.97. The molecule has 1 aliphatic heterocycles. The summed E-state index contributed by atoms with van der Waals surface area (Å²) in [6, 6.07) is 0.0957. The summed E-state index contributed by atoms with van der Waals surface area (Å²) in [6.07, 6.45) is 1.59. The molecule has 0 aromatic carbocycles. The summed E-state index contributed by atoms with van der Waals surface area (Å²) in [6.45, 7) is 3.86. The van der Waals surface area contributed by atoms with Gasteiger partial charge in [0.2, 0.25) is 11.7 Å². The number of hydrogen-bond acceptors (Lipinski definition) is 7. The highest BCUT2D eigenvalue weighted by Gasteiger charge is 2.34. The highest BCUT2D eigenvalue weighted by Crippen LogP contribution is 2.27. The van der Waals surface area contributed by atoms with Crippen molar-refractivity contribution in [1.82, 2.24) is 4.98 Å². The van der Waals surface area contributed by atoms with Crippen molar-refractivity contribution in [2.75, 3.05) is 23.8 Å². The Morgan fingerprint density at radius 1 is 1.57 bits per heavy atom. The van der Waals surface area contributed by atoms with Crippen molar-refractivity contribution in [3.8, 4) is 0 Å². The summed E-state index contributed by atoms with van der Waals surface area (Å²) >= 11 is 1.20. The molecule has 114 valence electrons. The number of esters is 1. The number of thioether (sulfide) groups is 1. The van der Waals surface area contributed by atoms with Crippen LogP contribution in [0.1, 0.15) is 30.8 Å². The maximum atomic E-state index is 12.0. The largest absolute Gasteiger partial charge is 0.460 e. The summed E-state index contributed by atoms with van der Waals surface area (Å²) in [5, 5.41) is 0.0293. The monoisotopic (exact) mass is 312 g/mol. The second-order valence-corrected chi connectivity index (χ2v) is 5.80. The van der Waals surface area contributed by atoms with Gasteiger partial charge in [-0.3, -0.25) is 14.5 Å². The maximum Gasteiger partial charge on any atom is 0.376 e. The Labute approximate surface area is 126 Å². The molecule has 0 radical (unpaired) electrons. The number of aromatic nitrogens is 1. The summed E-state index contributed by atoms with van der Waals surface area (Å²) in [5.74, 6) is -0.0956. The lowest BCUT2D eigenvalue weighted by molar-refractivity contribution is -0.117. The van der Waals surface area contributed by atoms with Crippen LogP contribution in [0.3, 0.4) is 0 Å². The second kappa shape index (κ2) is 6.75. The smallest absolute Gasteiger partial charge is 0.376 e. The molecule has 1 atom stereocenters. The average Bonchev–Trinajstić information content (AvgIpc) is 3.03. The van der Waals surface area contributed by atoms with Crippen LogP contribution in [0.4, 0.5) is 6.01 Å². The fourth-order valence-corrected chi connectivity index (χ4v) is 2.69. The van der Waals surface area contributed by atoms with E-state index in [2.05, 4.69) is 4.98 Å². The Hall–Kier alpha value is -1.83. The fraction of sp³-hybridized carbons (Fsp3) is 0.538. The maximum absolute atomic E-state index is 12.0. The van der Waals surface area contributed by atoms with E-state index >= 15 is 0 Å². The molecular formula is C13H16N2O5S. The molecule has 1 fully saturated rings. The van der Waals surface area contributed by atoms with Gasteiger partial charge in [0.25, 0.3) is 0 Å². The predicted octanol–water partition coefficient (Wildman–Crippen LogP) is 1.48. The van der Waals surface area contributed by atoms with E-state index in [1.807, 2.05) is 0 Å². The lowest BCUT2D eigenvalue weighted by Crippen LogP contribution is -2.25. The molecule has 2 rings (SSSR count). The van der Waals surface area contributed by atoms with Crippen molar-refractivity contribution in [2.24, 2.45) is 5.92 Å². The normalized spacial score (nSPS) is 18.1. The molecule has 1 amide bonds. The highest BCUT2D eigenvalue weighted by atomic mass is 32.2. The summed E-state index contributed by atoms with van der Waals surface area (Å²) < 4.78 is 10.1. The van der Waals surface area contributed by atoms with Gasteiger partial charge in [0.1, 0.15) is 0 Å². The molecule has 2 heterocycles. The van der Waals surface area contributed by atoms with Crippen LogP contribution in [0.2, 0.25) is 0 Å². The Kier molecular flexibility index (Phi) is 5.00. The van der Waals surface area contributed by atoms with E-state index in [-0.39, 0.29) is 35.3 Å². The van der Waals surface area contributed by atoms with Crippen molar-refractivity contribution in [1.29, 1.82) is 0 Å². The molecule has 1 unspecified atom stereocenters. The van der Waals surface area contributed by atoms with E-state index in [9.17, 15) is 14.4 Å². The van der Waals surface area contributed by atoms with Gasteiger partial charge in [-0.25, -0.2) is 9.78 Å². The topological polar surface area (TPSA) is 89.7 Å². The molecule has 1 aromatic heterocycles. The summed E-state index contributed by atoms with van der Waals surface area (Å²) in [4.78, 5) is 39.7. The first-order valence-electron chi connectivity index (χ1n) is 6.58. The SMILES string of the molecule is CCOC(=O)c1cnc(N2CC(CSC(C)=O)CC2=O)o1. The van der Waals surface area contributed by atoms with Gasteiger partial charge < -0.3 is 9.15 Å². The Morgan fingerprint density at radius 3 is 3.00 bits per heavy atom. The van der Waals surface area contributed by atoms with E-state index in [0.29, 0.717) is 18.7 Å². The molecule has 0 aliphatic carbocycles. The Balaban J connectivity index is 2.00. The van der Waals surface area contributed by atoms with Gasteiger partial charge in [-0.2, -0.15) is 0 Å². The third-order valence-electron chi connectivity index (χ3n) is 2.93. The van der Waals surface area contributed by atoms with E-state index in [0.717, 1.165) is 0 Å². The predicted molar refractivity (Wildman–Crippen MR) is 76.1 cm³/mol. The van der Waals surface area contributed by atoms with Crippen LogP contribution in [0, 0.1) is 5.92 Å².